The van der Waals surface area contributed by atoms with E-state index in [9.17, 15) is 9.90 Å². The molecule has 3 N–H and O–H groups in total. The van der Waals surface area contributed by atoms with E-state index in [1.54, 1.807) is 17.8 Å². The molecule has 6 heteroatoms. The molecular weight excluding hydrogens is 354 g/mol. The Morgan fingerprint density at radius 1 is 1.32 bits per heavy atom. The number of pyridine rings is 2. The van der Waals surface area contributed by atoms with Crippen LogP contribution in [0.1, 0.15) is 31.0 Å². The molecule has 0 amide bonds. The van der Waals surface area contributed by atoms with Gasteiger partial charge in [-0.05, 0) is 61.7 Å². The molecule has 0 bridgehead atoms. The molecule has 0 aliphatic rings. The van der Waals surface area contributed by atoms with Crippen molar-refractivity contribution in [1.82, 2.24) is 9.55 Å². The van der Waals surface area contributed by atoms with Crippen molar-refractivity contribution >= 4 is 21.7 Å². The van der Waals surface area contributed by atoms with Crippen molar-refractivity contribution in [2.24, 2.45) is 18.7 Å². The maximum atomic E-state index is 12.9. The van der Waals surface area contributed by atoms with Gasteiger partial charge in [-0.2, -0.15) is 0 Å². The summed E-state index contributed by atoms with van der Waals surface area (Å²) >= 11 is 0. The number of benzene rings is 1. The number of ether oxygens (including phenoxy) is 1. The molecule has 0 radical (unpaired) electrons. The van der Waals surface area contributed by atoms with Gasteiger partial charge >= 0.3 is 0 Å². The summed E-state index contributed by atoms with van der Waals surface area (Å²) in [5.41, 5.74) is 8.08. The summed E-state index contributed by atoms with van der Waals surface area (Å²) in [5, 5.41) is 12.0. The molecule has 2 aromatic heterocycles. The van der Waals surface area contributed by atoms with Gasteiger partial charge in [-0.15, -0.1) is 0 Å². The normalized spacial score (nSPS) is 12.6. The van der Waals surface area contributed by atoms with Gasteiger partial charge in [0, 0.05) is 31.3 Å². The second-order valence-corrected chi connectivity index (χ2v) is 7.47. The monoisotopic (exact) mass is 383 g/mol. The zero-order chi connectivity index (χ0) is 20.3. The van der Waals surface area contributed by atoms with Gasteiger partial charge in [0.1, 0.15) is 5.75 Å². The Morgan fingerprint density at radius 2 is 2.11 bits per heavy atom. The van der Waals surface area contributed by atoms with Gasteiger partial charge in [0.15, 0.2) is 0 Å². The Kier molecular flexibility index (Phi) is 6.31. The quantitative estimate of drug-likeness (QED) is 0.461. The minimum absolute atomic E-state index is 0.0380. The molecule has 1 aromatic carbocycles. The van der Waals surface area contributed by atoms with Gasteiger partial charge in [-0.25, -0.2) is 0 Å². The highest BCUT2D eigenvalue weighted by Gasteiger charge is 2.15. The zero-order valence-electron chi connectivity index (χ0n) is 16.9. The lowest BCUT2D eigenvalue weighted by molar-refractivity contribution is 0.280. The topological polar surface area (TPSA) is 90.4 Å². The van der Waals surface area contributed by atoms with Crippen molar-refractivity contribution in [1.29, 1.82) is 0 Å². The lowest BCUT2D eigenvalue weighted by Gasteiger charge is -2.16. The van der Waals surface area contributed by atoms with Gasteiger partial charge in [0.05, 0.1) is 23.2 Å². The molecule has 3 rings (SSSR count). The average Bonchev–Trinajstić information content (AvgIpc) is 2.69. The van der Waals surface area contributed by atoms with Gasteiger partial charge in [0.2, 0.25) is 0 Å². The number of aliphatic hydroxyl groups excluding tert-OH is 1. The van der Waals surface area contributed by atoms with Crippen molar-refractivity contribution in [3.05, 3.63) is 46.0 Å². The predicted octanol–water partition coefficient (Wildman–Crippen LogP) is 2.68. The minimum atomic E-state index is -0.0641. The van der Waals surface area contributed by atoms with E-state index in [4.69, 9.17) is 10.5 Å². The molecular formula is C22H29N3O3. The van der Waals surface area contributed by atoms with E-state index in [-0.39, 0.29) is 12.2 Å². The van der Waals surface area contributed by atoms with E-state index in [1.807, 2.05) is 25.1 Å². The lowest BCUT2D eigenvalue weighted by atomic mass is 10.0. The van der Waals surface area contributed by atoms with Crippen molar-refractivity contribution in [3.8, 4) is 5.75 Å². The number of aryl methyl sites for hydroxylation is 2. The summed E-state index contributed by atoms with van der Waals surface area (Å²) in [7, 11) is 1.77. The summed E-state index contributed by atoms with van der Waals surface area (Å²) in [6.07, 6.45) is 4.15. The lowest BCUT2D eigenvalue weighted by Crippen LogP contribution is -2.19. The third kappa shape index (κ3) is 3.88. The van der Waals surface area contributed by atoms with Crippen LogP contribution in [0.5, 0.6) is 5.75 Å². The molecule has 1 atom stereocenters. The molecule has 6 nitrogen and oxygen atoms in total. The predicted molar refractivity (Wildman–Crippen MR) is 113 cm³/mol. The molecule has 28 heavy (non-hydrogen) atoms. The number of nitrogens with zero attached hydrogens (tertiary/aromatic N) is 2. The maximum Gasteiger partial charge on any atom is 0.260 e. The van der Waals surface area contributed by atoms with Crippen molar-refractivity contribution < 1.29 is 9.84 Å². The second-order valence-electron chi connectivity index (χ2n) is 7.47. The fourth-order valence-corrected chi connectivity index (χ4v) is 3.63. The van der Waals surface area contributed by atoms with Gasteiger partial charge in [-0.1, -0.05) is 6.92 Å². The Labute approximate surface area is 165 Å². The number of aromatic nitrogens is 2. The number of hydrogen-bond acceptors (Lipinski definition) is 5. The third-order valence-electron chi connectivity index (χ3n) is 5.37. The molecule has 0 aliphatic heterocycles. The Morgan fingerprint density at radius 3 is 2.82 bits per heavy atom. The number of aliphatic hydroxyl groups is 1. The van der Waals surface area contributed by atoms with Crippen LogP contribution >= 0.6 is 0 Å². The van der Waals surface area contributed by atoms with Crippen LogP contribution < -0.4 is 16.0 Å². The first-order chi connectivity index (χ1) is 13.5. The van der Waals surface area contributed by atoms with E-state index in [0.717, 1.165) is 46.1 Å². The Bertz CT molecular complexity index is 1040. The van der Waals surface area contributed by atoms with Crippen LogP contribution in [-0.4, -0.2) is 34.4 Å². The van der Waals surface area contributed by atoms with Crippen LogP contribution in [0.3, 0.4) is 0 Å². The summed E-state index contributed by atoms with van der Waals surface area (Å²) in [4.78, 5) is 17.2. The minimum Gasteiger partial charge on any atom is -0.493 e. The number of fused-ring (bicyclic) bond motifs is 3. The zero-order valence-corrected chi connectivity index (χ0v) is 16.9. The average molecular weight is 383 g/mol. The van der Waals surface area contributed by atoms with Crippen LogP contribution in [-0.2, 0) is 13.5 Å². The van der Waals surface area contributed by atoms with Crippen molar-refractivity contribution in [2.45, 2.75) is 33.1 Å². The molecule has 150 valence electrons. The Hall–Kier alpha value is -2.44. The standard InChI is InChI=1S/C22H29N3O3/c1-14(13-23)5-4-10-28-20-12-19-18(11-16(20)7-9-26)17-6-8-24-15(2)21(17)22(27)25(19)3/h6,8,11-12,14,26H,4-5,7,9-10,13,23H2,1-3H3. The summed E-state index contributed by atoms with van der Waals surface area (Å²) in [6, 6.07) is 5.83. The maximum absolute atomic E-state index is 12.9. The smallest absolute Gasteiger partial charge is 0.260 e. The summed E-state index contributed by atoms with van der Waals surface area (Å²) < 4.78 is 7.69. The van der Waals surface area contributed by atoms with E-state index >= 15 is 0 Å². The van der Waals surface area contributed by atoms with E-state index in [1.165, 1.54) is 0 Å². The molecule has 1 unspecified atom stereocenters. The summed E-state index contributed by atoms with van der Waals surface area (Å²) in [5.74, 6) is 1.20. The number of nitrogens with two attached hydrogens (primary N) is 1. The highest BCUT2D eigenvalue weighted by Crippen LogP contribution is 2.31. The van der Waals surface area contributed by atoms with E-state index in [0.29, 0.717) is 30.9 Å². The molecule has 0 saturated heterocycles. The molecule has 0 fully saturated rings. The van der Waals surface area contributed by atoms with Crippen LogP contribution in [0, 0.1) is 12.8 Å². The Balaban J connectivity index is 2.08. The fourth-order valence-electron chi connectivity index (χ4n) is 3.63. The van der Waals surface area contributed by atoms with Gasteiger partial charge in [-0.3, -0.25) is 9.78 Å². The molecule has 3 aromatic rings. The fraction of sp³-hybridized carbons (Fsp3) is 0.455. The van der Waals surface area contributed by atoms with Crippen LogP contribution in [0.25, 0.3) is 21.7 Å². The second kappa shape index (κ2) is 8.71. The van der Waals surface area contributed by atoms with E-state index in [2.05, 4.69) is 11.9 Å². The first-order valence-electron chi connectivity index (χ1n) is 9.82. The third-order valence-corrected chi connectivity index (χ3v) is 5.37. The SMILES string of the molecule is Cc1nccc2c1c(=O)n(C)c1cc(OCCCC(C)CN)c(CCO)cc21. The first kappa shape index (κ1) is 20.3. The van der Waals surface area contributed by atoms with Crippen molar-refractivity contribution in [3.63, 3.8) is 0 Å². The largest absolute Gasteiger partial charge is 0.493 e. The van der Waals surface area contributed by atoms with Crippen molar-refractivity contribution in [2.75, 3.05) is 19.8 Å². The molecule has 0 saturated carbocycles. The highest BCUT2D eigenvalue weighted by atomic mass is 16.5. The van der Waals surface area contributed by atoms with Crippen LogP contribution in [0.2, 0.25) is 0 Å². The van der Waals surface area contributed by atoms with E-state index < -0.39 is 0 Å². The van der Waals surface area contributed by atoms with Gasteiger partial charge in [0.25, 0.3) is 5.56 Å². The van der Waals surface area contributed by atoms with Crippen LogP contribution in [0.15, 0.2) is 29.2 Å². The summed E-state index contributed by atoms with van der Waals surface area (Å²) in [6.45, 7) is 5.28. The first-order valence-corrected chi connectivity index (χ1v) is 9.82. The number of hydrogen-bond donors (Lipinski definition) is 2. The molecule has 0 aliphatic carbocycles. The van der Waals surface area contributed by atoms with Gasteiger partial charge < -0.3 is 20.1 Å². The highest BCUT2D eigenvalue weighted by molar-refractivity contribution is 6.06. The molecule has 2 heterocycles. The van der Waals surface area contributed by atoms with Crippen LogP contribution in [0.4, 0.5) is 0 Å². The molecule has 0 spiro atoms. The number of rotatable bonds is 8.